The Hall–Kier alpha value is -4.26. The van der Waals surface area contributed by atoms with Crippen LogP contribution < -0.4 is 15.6 Å². The first-order valence-corrected chi connectivity index (χ1v) is 10.7. The standard InChI is InChI=1S/C21H19FN6O5S/c1-2-10-27-18(12-33-17-9-4-3-8-16(17)22)23-26-21(27)34-13-19(29)24-25-20(30)14-6-5-7-15(11-14)28(31)32/h2-9,11H,1,10,12-13H2,(H,24,29)(H,25,30). The Bertz CT molecular complexity index is 1220. The number of para-hydroxylation sites is 1. The van der Waals surface area contributed by atoms with Crippen molar-refractivity contribution in [3.63, 3.8) is 0 Å². The summed E-state index contributed by atoms with van der Waals surface area (Å²) in [5.74, 6) is -1.38. The Kier molecular flexibility index (Phi) is 8.29. The number of nitro benzene ring substituents is 1. The number of hydrogen-bond acceptors (Lipinski definition) is 8. The molecule has 11 nitrogen and oxygen atoms in total. The summed E-state index contributed by atoms with van der Waals surface area (Å²) in [6.07, 6.45) is 1.61. The SMILES string of the molecule is C=CCn1c(COc2ccccc2F)nnc1SCC(=O)NNC(=O)c1cccc([N+](=O)[O-])c1. The lowest BCUT2D eigenvalue weighted by Crippen LogP contribution is -2.42. The molecule has 0 aliphatic rings. The maximum atomic E-state index is 13.8. The molecule has 0 atom stereocenters. The number of aromatic nitrogens is 3. The van der Waals surface area contributed by atoms with Gasteiger partial charge in [-0.2, -0.15) is 0 Å². The second kappa shape index (κ2) is 11.6. The van der Waals surface area contributed by atoms with Crippen LogP contribution in [0.25, 0.3) is 0 Å². The van der Waals surface area contributed by atoms with Crippen molar-refractivity contribution in [1.82, 2.24) is 25.6 Å². The summed E-state index contributed by atoms with van der Waals surface area (Å²) in [4.78, 5) is 34.5. The summed E-state index contributed by atoms with van der Waals surface area (Å²) in [6.45, 7) is 3.97. The molecule has 0 unspecified atom stereocenters. The van der Waals surface area contributed by atoms with E-state index in [1.165, 1.54) is 30.3 Å². The zero-order valence-electron chi connectivity index (χ0n) is 17.6. The zero-order chi connectivity index (χ0) is 24.5. The van der Waals surface area contributed by atoms with Crippen LogP contribution in [-0.2, 0) is 17.9 Å². The number of carbonyl (C=O) groups is 2. The van der Waals surface area contributed by atoms with Crippen molar-refractivity contribution in [2.24, 2.45) is 0 Å². The lowest BCUT2D eigenvalue weighted by atomic mass is 10.2. The van der Waals surface area contributed by atoms with Gasteiger partial charge in [-0.1, -0.05) is 36.0 Å². The molecule has 1 heterocycles. The number of non-ortho nitro benzene ring substituents is 1. The number of ether oxygens (including phenoxy) is 1. The van der Waals surface area contributed by atoms with Gasteiger partial charge in [-0.15, -0.1) is 16.8 Å². The predicted octanol–water partition coefficient (Wildman–Crippen LogP) is 2.64. The number of nitrogens with one attached hydrogen (secondary N) is 2. The molecular formula is C21H19FN6O5S. The van der Waals surface area contributed by atoms with E-state index < -0.39 is 22.6 Å². The fourth-order valence-corrected chi connectivity index (χ4v) is 3.44. The molecule has 0 spiro atoms. The number of carbonyl (C=O) groups excluding carboxylic acids is 2. The largest absolute Gasteiger partial charge is 0.483 e. The molecule has 2 amide bonds. The molecule has 2 aromatic carbocycles. The quantitative estimate of drug-likeness (QED) is 0.193. The van der Waals surface area contributed by atoms with Gasteiger partial charge in [-0.05, 0) is 18.2 Å². The molecule has 13 heteroatoms. The third-order valence-electron chi connectivity index (χ3n) is 4.27. The maximum Gasteiger partial charge on any atom is 0.270 e. The maximum absolute atomic E-state index is 13.8. The highest BCUT2D eigenvalue weighted by molar-refractivity contribution is 7.99. The summed E-state index contributed by atoms with van der Waals surface area (Å²) in [6, 6.07) is 11.1. The van der Waals surface area contributed by atoms with Crippen LogP contribution in [0.5, 0.6) is 5.75 Å². The molecular weight excluding hydrogens is 467 g/mol. The van der Waals surface area contributed by atoms with Gasteiger partial charge in [-0.3, -0.25) is 35.1 Å². The Morgan fingerprint density at radius 3 is 2.74 bits per heavy atom. The van der Waals surface area contributed by atoms with Gasteiger partial charge in [0.1, 0.15) is 6.61 Å². The van der Waals surface area contributed by atoms with E-state index in [0.717, 1.165) is 17.8 Å². The summed E-state index contributed by atoms with van der Waals surface area (Å²) in [7, 11) is 0. The van der Waals surface area contributed by atoms with Crippen molar-refractivity contribution in [2.75, 3.05) is 5.75 Å². The summed E-state index contributed by atoms with van der Waals surface area (Å²) >= 11 is 1.05. The van der Waals surface area contributed by atoms with E-state index in [0.29, 0.717) is 17.5 Å². The Labute approximate surface area is 197 Å². The van der Waals surface area contributed by atoms with E-state index in [2.05, 4.69) is 27.6 Å². The van der Waals surface area contributed by atoms with Gasteiger partial charge in [0, 0.05) is 24.2 Å². The van der Waals surface area contributed by atoms with Crippen LogP contribution in [-0.4, -0.2) is 37.3 Å². The minimum atomic E-state index is -0.704. The van der Waals surface area contributed by atoms with E-state index in [-0.39, 0.29) is 29.4 Å². The van der Waals surface area contributed by atoms with E-state index in [9.17, 15) is 24.1 Å². The highest BCUT2D eigenvalue weighted by Crippen LogP contribution is 2.20. The zero-order valence-corrected chi connectivity index (χ0v) is 18.5. The number of nitrogens with zero attached hydrogens (tertiary/aromatic N) is 4. The van der Waals surface area contributed by atoms with Crippen molar-refractivity contribution in [3.8, 4) is 5.75 Å². The predicted molar refractivity (Wildman–Crippen MR) is 120 cm³/mol. The van der Waals surface area contributed by atoms with E-state index in [1.807, 2.05) is 0 Å². The van der Waals surface area contributed by atoms with Crippen LogP contribution in [0.15, 0.2) is 66.3 Å². The van der Waals surface area contributed by atoms with Crippen LogP contribution in [0, 0.1) is 15.9 Å². The average Bonchev–Trinajstić information content (AvgIpc) is 3.22. The minimum absolute atomic E-state index is 0.0207. The van der Waals surface area contributed by atoms with Crippen molar-refractivity contribution in [3.05, 3.63) is 88.5 Å². The third kappa shape index (κ3) is 6.38. The fraction of sp³-hybridized carbons (Fsp3) is 0.143. The summed E-state index contributed by atoms with van der Waals surface area (Å²) < 4.78 is 20.9. The molecule has 3 aromatic rings. The van der Waals surface area contributed by atoms with Crippen molar-refractivity contribution in [2.45, 2.75) is 18.3 Å². The molecule has 2 N–H and O–H groups in total. The highest BCUT2D eigenvalue weighted by Gasteiger charge is 2.16. The van der Waals surface area contributed by atoms with Gasteiger partial charge in [0.2, 0.25) is 5.91 Å². The van der Waals surface area contributed by atoms with Crippen LogP contribution in [0.3, 0.4) is 0 Å². The van der Waals surface area contributed by atoms with Crippen LogP contribution in [0.2, 0.25) is 0 Å². The van der Waals surface area contributed by atoms with Crippen molar-refractivity contribution >= 4 is 29.3 Å². The van der Waals surface area contributed by atoms with Crippen molar-refractivity contribution in [1.29, 1.82) is 0 Å². The molecule has 3 rings (SSSR count). The number of benzene rings is 2. The van der Waals surface area contributed by atoms with Gasteiger partial charge >= 0.3 is 0 Å². The Morgan fingerprint density at radius 2 is 2.00 bits per heavy atom. The van der Waals surface area contributed by atoms with E-state index >= 15 is 0 Å². The first-order chi connectivity index (χ1) is 16.4. The lowest BCUT2D eigenvalue weighted by Gasteiger charge is -2.10. The van der Waals surface area contributed by atoms with E-state index in [4.69, 9.17) is 4.74 Å². The van der Waals surface area contributed by atoms with Crippen LogP contribution in [0.4, 0.5) is 10.1 Å². The fourth-order valence-electron chi connectivity index (χ4n) is 2.67. The second-order valence-corrected chi connectivity index (χ2v) is 7.56. The molecule has 176 valence electrons. The normalized spacial score (nSPS) is 10.4. The monoisotopic (exact) mass is 486 g/mol. The molecule has 0 saturated heterocycles. The van der Waals surface area contributed by atoms with Gasteiger partial charge in [0.25, 0.3) is 11.6 Å². The molecule has 0 aliphatic carbocycles. The van der Waals surface area contributed by atoms with Gasteiger partial charge < -0.3 is 4.74 Å². The molecule has 0 saturated carbocycles. The molecule has 34 heavy (non-hydrogen) atoms. The van der Waals surface area contributed by atoms with Crippen molar-refractivity contribution < 1.29 is 23.6 Å². The second-order valence-electron chi connectivity index (χ2n) is 6.62. The molecule has 0 aliphatic heterocycles. The van der Waals surface area contributed by atoms with Crippen LogP contribution >= 0.6 is 11.8 Å². The summed E-state index contributed by atoms with van der Waals surface area (Å²) in [5.41, 5.74) is 4.21. The molecule has 1 aromatic heterocycles. The highest BCUT2D eigenvalue weighted by atomic mass is 32.2. The van der Waals surface area contributed by atoms with E-state index in [1.54, 1.807) is 22.8 Å². The number of hydrazine groups is 1. The molecule has 0 radical (unpaired) electrons. The number of nitro groups is 1. The minimum Gasteiger partial charge on any atom is -0.483 e. The number of hydrogen-bond donors (Lipinski definition) is 2. The smallest absolute Gasteiger partial charge is 0.270 e. The number of halogens is 1. The van der Waals surface area contributed by atoms with Gasteiger partial charge in [-0.25, -0.2) is 4.39 Å². The van der Waals surface area contributed by atoms with Gasteiger partial charge in [0.15, 0.2) is 22.5 Å². The van der Waals surface area contributed by atoms with Crippen LogP contribution in [0.1, 0.15) is 16.2 Å². The van der Waals surface area contributed by atoms with Gasteiger partial charge in [0.05, 0.1) is 10.7 Å². The Morgan fingerprint density at radius 1 is 1.21 bits per heavy atom. The number of rotatable bonds is 10. The first kappa shape index (κ1) is 24.4. The lowest BCUT2D eigenvalue weighted by molar-refractivity contribution is -0.384. The summed E-state index contributed by atoms with van der Waals surface area (Å²) in [5, 5.41) is 19.3. The number of allylic oxidation sites excluding steroid dienone is 1. The molecule has 0 bridgehead atoms. The number of amides is 2. The Balaban J connectivity index is 1.55. The first-order valence-electron chi connectivity index (χ1n) is 9.75. The number of thioether (sulfide) groups is 1. The molecule has 0 fully saturated rings. The average molecular weight is 486 g/mol. The third-order valence-corrected chi connectivity index (χ3v) is 5.23. The topological polar surface area (TPSA) is 141 Å².